The first-order valence-corrected chi connectivity index (χ1v) is 12.5. The van der Waals surface area contributed by atoms with Crippen molar-refractivity contribution in [2.75, 3.05) is 20.8 Å². The quantitative estimate of drug-likeness (QED) is 0.154. The summed E-state index contributed by atoms with van der Waals surface area (Å²) >= 11 is 0. The molecule has 1 heterocycles. The van der Waals surface area contributed by atoms with Gasteiger partial charge >= 0.3 is 5.97 Å². The van der Waals surface area contributed by atoms with Crippen molar-refractivity contribution in [3.05, 3.63) is 94.9 Å². The highest BCUT2D eigenvalue weighted by molar-refractivity contribution is 5.88. The van der Waals surface area contributed by atoms with Crippen LogP contribution in [0.1, 0.15) is 42.4 Å². The molecule has 39 heavy (non-hydrogen) atoms. The Morgan fingerprint density at radius 1 is 1.03 bits per heavy atom. The molecular formula is C31H30N2O6. The molecule has 8 heteroatoms. The number of allylic oxidation sites excluding steroid dienone is 1. The number of hydrogen-bond acceptors (Lipinski definition) is 8. The summed E-state index contributed by atoms with van der Waals surface area (Å²) in [5.41, 5.74) is 8.73. The minimum absolute atomic E-state index is 0.0138. The average molecular weight is 527 g/mol. The second kappa shape index (κ2) is 12.6. The van der Waals surface area contributed by atoms with Crippen LogP contribution >= 0.6 is 0 Å². The normalized spacial score (nSPS) is 14.3. The maximum absolute atomic E-state index is 12.4. The predicted molar refractivity (Wildman–Crippen MR) is 147 cm³/mol. The molecule has 1 aliphatic heterocycles. The van der Waals surface area contributed by atoms with Gasteiger partial charge in [-0.1, -0.05) is 37.6 Å². The number of hydrogen-bond donors (Lipinski definition) is 1. The first-order chi connectivity index (χ1) is 19.0. The highest BCUT2D eigenvalue weighted by Crippen LogP contribution is 2.45. The molecule has 0 aliphatic carbocycles. The summed E-state index contributed by atoms with van der Waals surface area (Å²) in [5, 5.41) is 9.89. The Balaban J connectivity index is 1.57. The van der Waals surface area contributed by atoms with Crippen LogP contribution in [0.25, 0.3) is 6.08 Å². The largest absolute Gasteiger partial charge is 0.497 e. The molecule has 0 fully saturated rings. The molecule has 3 aromatic carbocycles. The van der Waals surface area contributed by atoms with E-state index in [1.54, 1.807) is 50.6 Å². The molecule has 3 aromatic rings. The average Bonchev–Trinajstić information content (AvgIpc) is 2.95. The van der Waals surface area contributed by atoms with Gasteiger partial charge in [-0.05, 0) is 54.0 Å². The zero-order valence-corrected chi connectivity index (χ0v) is 22.1. The van der Waals surface area contributed by atoms with Crippen LogP contribution in [0.15, 0.2) is 78.2 Å². The Kier molecular flexibility index (Phi) is 8.75. The molecule has 0 radical (unpaired) electrons. The van der Waals surface area contributed by atoms with E-state index in [2.05, 4.69) is 13.0 Å². The van der Waals surface area contributed by atoms with Crippen molar-refractivity contribution in [1.29, 1.82) is 5.26 Å². The van der Waals surface area contributed by atoms with E-state index in [9.17, 15) is 10.1 Å². The monoisotopic (exact) mass is 526 g/mol. The van der Waals surface area contributed by atoms with Gasteiger partial charge in [0.1, 0.15) is 28.9 Å². The van der Waals surface area contributed by atoms with Crippen molar-refractivity contribution in [2.45, 2.75) is 25.7 Å². The molecule has 200 valence electrons. The van der Waals surface area contributed by atoms with Crippen LogP contribution in [0.2, 0.25) is 0 Å². The highest BCUT2D eigenvalue weighted by atomic mass is 16.5. The number of methoxy groups -OCH3 is 2. The van der Waals surface area contributed by atoms with E-state index in [1.807, 2.05) is 30.3 Å². The molecule has 1 aliphatic rings. The molecule has 4 rings (SSSR count). The third-order valence-electron chi connectivity index (χ3n) is 6.21. The van der Waals surface area contributed by atoms with Crippen molar-refractivity contribution < 1.29 is 28.5 Å². The summed E-state index contributed by atoms with van der Waals surface area (Å²) in [7, 11) is 3.16. The third kappa shape index (κ3) is 6.33. The van der Waals surface area contributed by atoms with Gasteiger partial charge in [0.05, 0.1) is 26.7 Å². The number of rotatable bonds is 10. The van der Waals surface area contributed by atoms with Gasteiger partial charge in [0.25, 0.3) is 0 Å². The lowest BCUT2D eigenvalue weighted by Crippen LogP contribution is -2.21. The van der Waals surface area contributed by atoms with Crippen LogP contribution in [0.3, 0.4) is 0 Å². The zero-order chi connectivity index (χ0) is 27.8. The van der Waals surface area contributed by atoms with Gasteiger partial charge in [-0.2, -0.15) is 5.26 Å². The summed E-state index contributed by atoms with van der Waals surface area (Å²) in [6, 6.07) is 20.0. The number of nitrogens with two attached hydrogens (primary N) is 1. The van der Waals surface area contributed by atoms with E-state index in [0.717, 1.165) is 29.7 Å². The maximum atomic E-state index is 12.4. The molecule has 1 unspecified atom stereocenters. The summed E-state index contributed by atoms with van der Waals surface area (Å²) in [6.45, 7) is 2.68. The SMILES string of the molecule is CCCCOc1ccc(C2C(C#N)=C(N)Oc3cc(OC(=O)/C=C/c4ccc(OC)cc4)ccc32)cc1OC. The zero-order valence-electron chi connectivity index (χ0n) is 22.1. The Morgan fingerprint density at radius 3 is 2.49 bits per heavy atom. The number of carbonyl (C=O) groups excluding carboxylic acids is 1. The Bertz CT molecular complexity index is 1440. The Morgan fingerprint density at radius 2 is 1.79 bits per heavy atom. The van der Waals surface area contributed by atoms with Crippen molar-refractivity contribution in [1.82, 2.24) is 0 Å². The van der Waals surface area contributed by atoms with E-state index in [-0.39, 0.29) is 17.2 Å². The lowest BCUT2D eigenvalue weighted by molar-refractivity contribution is -0.128. The molecule has 0 aromatic heterocycles. The lowest BCUT2D eigenvalue weighted by Gasteiger charge is -2.27. The standard InChI is InChI=1S/C31H30N2O6/c1-4-5-16-37-26-14-9-21(17-28(26)36-3)30-24-13-12-23(18-27(24)39-31(33)25(30)19-32)38-29(34)15-8-20-6-10-22(35-2)11-7-20/h6-15,17-18,30H,4-5,16,33H2,1-3H3/b15-8+. The molecule has 8 nitrogen and oxygen atoms in total. The molecule has 1 atom stereocenters. The predicted octanol–water partition coefficient (Wildman–Crippen LogP) is 5.72. The second-order valence-corrected chi connectivity index (χ2v) is 8.76. The molecular weight excluding hydrogens is 496 g/mol. The minimum Gasteiger partial charge on any atom is -0.497 e. The van der Waals surface area contributed by atoms with Gasteiger partial charge in [-0.25, -0.2) is 4.79 Å². The Labute approximate surface area is 227 Å². The van der Waals surface area contributed by atoms with Crippen molar-refractivity contribution in [3.63, 3.8) is 0 Å². The van der Waals surface area contributed by atoms with Gasteiger partial charge in [-0.15, -0.1) is 0 Å². The van der Waals surface area contributed by atoms with E-state index >= 15 is 0 Å². The third-order valence-corrected chi connectivity index (χ3v) is 6.21. The van der Waals surface area contributed by atoms with Crippen molar-refractivity contribution >= 4 is 12.0 Å². The van der Waals surface area contributed by atoms with E-state index in [4.69, 9.17) is 29.4 Å². The van der Waals surface area contributed by atoms with Crippen LogP contribution < -0.4 is 29.4 Å². The first kappa shape index (κ1) is 27.1. The number of nitrogens with zero attached hydrogens (tertiary/aromatic N) is 1. The van der Waals surface area contributed by atoms with E-state index in [0.29, 0.717) is 29.4 Å². The topological polar surface area (TPSA) is 113 Å². The van der Waals surface area contributed by atoms with Gasteiger partial charge in [-0.3, -0.25) is 0 Å². The van der Waals surface area contributed by atoms with Crippen LogP contribution in [0.4, 0.5) is 0 Å². The fraction of sp³-hybridized carbons (Fsp3) is 0.226. The van der Waals surface area contributed by atoms with Gasteiger partial charge in [0.2, 0.25) is 5.88 Å². The van der Waals surface area contributed by atoms with Crippen molar-refractivity contribution in [3.8, 4) is 34.8 Å². The number of fused-ring (bicyclic) bond motifs is 1. The van der Waals surface area contributed by atoms with E-state index in [1.165, 1.54) is 6.08 Å². The molecule has 2 N–H and O–H groups in total. The summed E-state index contributed by atoms with van der Waals surface area (Å²) in [5.74, 6) is 1.51. The number of unbranched alkanes of at least 4 members (excludes halogenated alkanes) is 1. The Hall–Kier alpha value is -4.90. The van der Waals surface area contributed by atoms with Gasteiger partial charge < -0.3 is 29.4 Å². The van der Waals surface area contributed by atoms with Gasteiger partial charge in [0, 0.05) is 17.7 Å². The number of carbonyl (C=O) groups is 1. The molecule has 0 spiro atoms. The van der Waals surface area contributed by atoms with Gasteiger partial charge in [0.15, 0.2) is 11.5 Å². The first-order valence-electron chi connectivity index (χ1n) is 12.5. The summed E-state index contributed by atoms with van der Waals surface area (Å²) < 4.78 is 27.8. The molecule has 0 saturated carbocycles. The van der Waals surface area contributed by atoms with E-state index < -0.39 is 11.9 Å². The van der Waals surface area contributed by atoms with Crippen LogP contribution in [-0.2, 0) is 4.79 Å². The van der Waals surface area contributed by atoms with Crippen LogP contribution in [0.5, 0.6) is 28.7 Å². The lowest BCUT2D eigenvalue weighted by atomic mass is 9.83. The maximum Gasteiger partial charge on any atom is 0.336 e. The number of benzene rings is 3. The molecule has 0 saturated heterocycles. The number of esters is 1. The molecule has 0 amide bonds. The highest BCUT2D eigenvalue weighted by Gasteiger charge is 2.31. The smallest absolute Gasteiger partial charge is 0.336 e. The van der Waals surface area contributed by atoms with Crippen LogP contribution in [0, 0.1) is 11.3 Å². The fourth-order valence-corrected chi connectivity index (χ4v) is 4.18. The fourth-order valence-electron chi connectivity index (χ4n) is 4.18. The number of nitriles is 1. The van der Waals surface area contributed by atoms with Crippen molar-refractivity contribution in [2.24, 2.45) is 5.73 Å². The minimum atomic E-state index is -0.553. The molecule has 0 bridgehead atoms. The summed E-state index contributed by atoms with van der Waals surface area (Å²) in [6.07, 6.45) is 4.93. The number of ether oxygens (including phenoxy) is 5. The van der Waals surface area contributed by atoms with Crippen LogP contribution in [-0.4, -0.2) is 26.8 Å². The second-order valence-electron chi connectivity index (χ2n) is 8.76. The summed E-state index contributed by atoms with van der Waals surface area (Å²) in [4.78, 5) is 12.4.